The third kappa shape index (κ3) is 3.58. The van der Waals surface area contributed by atoms with Gasteiger partial charge in [-0.1, -0.05) is 52.1 Å². The van der Waals surface area contributed by atoms with Crippen molar-refractivity contribution in [1.82, 2.24) is 5.32 Å². The van der Waals surface area contributed by atoms with Crippen molar-refractivity contribution in [2.24, 2.45) is 5.92 Å². The van der Waals surface area contributed by atoms with Crippen molar-refractivity contribution >= 4 is 31.9 Å². The molecule has 0 saturated carbocycles. The monoisotopic (exact) mass is 333 g/mol. The Morgan fingerprint density at radius 1 is 1.20 bits per heavy atom. The molecule has 0 heterocycles. The number of hydrogen-bond donors (Lipinski definition) is 1. The maximum absolute atomic E-state index is 3.52. The molecule has 0 radical (unpaired) electrons. The topological polar surface area (TPSA) is 12.0 Å². The second-order valence-corrected chi connectivity index (χ2v) is 5.69. The summed E-state index contributed by atoms with van der Waals surface area (Å²) in [5.41, 5.74) is 1.33. The van der Waals surface area contributed by atoms with E-state index in [0.717, 1.165) is 8.95 Å². The van der Waals surface area contributed by atoms with Crippen LogP contribution in [-0.4, -0.2) is 7.05 Å². The number of nitrogens with one attached hydrogen (secondary N) is 1. The highest BCUT2D eigenvalue weighted by Gasteiger charge is 2.16. The van der Waals surface area contributed by atoms with Gasteiger partial charge in [-0.25, -0.2) is 0 Å². The first-order chi connectivity index (χ1) is 7.08. The quantitative estimate of drug-likeness (QED) is 0.853. The number of hydrogen-bond acceptors (Lipinski definition) is 1. The fraction of sp³-hybridized carbons (Fsp3) is 0.500. The first-order valence-corrected chi connectivity index (χ1v) is 6.80. The van der Waals surface area contributed by atoms with Crippen molar-refractivity contribution in [3.8, 4) is 0 Å². The highest BCUT2D eigenvalue weighted by molar-refractivity contribution is 9.11. The van der Waals surface area contributed by atoms with E-state index in [1.54, 1.807) is 0 Å². The Bertz CT molecular complexity index is 305. The Balaban J connectivity index is 3.01. The summed E-state index contributed by atoms with van der Waals surface area (Å²) in [5.74, 6) is 0.635. The first-order valence-electron chi connectivity index (χ1n) is 5.21. The molecule has 1 aromatic carbocycles. The van der Waals surface area contributed by atoms with Crippen molar-refractivity contribution in [3.63, 3.8) is 0 Å². The van der Waals surface area contributed by atoms with Crippen LogP contribution in [0, 0.1) is 5.92 Å². The molecule has 2 unspecified atom stereocenters. The van der Waals surface area contributed by atoms with Gasteiger partial charge < -0.3 is 5.32 Å². The minimum absolute atomic E-state index is 0.420. The Kier molecular flexibility index (Phi) is 5.30. The van der Waals surface area contributed by atoms with Crippen molar-refractivity contribution in [2.45, 2.75) is 26.3 Å². The molecule has 0 fully saturated rings. The van der Waals surface area contributed by atoms with Crippen LogP contribution in [0.15, 0.2) is 27.1 Å². The molecule has 0 bridgehead atoms. The van der Waals surface area contributed by atoms with E-state index in [-0.39, 0.29) is 0 Å². The van der Waals surface area contributed by atoms with E-state index >= 15 is 0 Å². The average Bonchev–Trinajstić information content (AvgIpc) is 2.17. The van der Waals surface area contributed by atoms with Gasteiger partial charge >= 0.3 is 0 Å². The largest absolute Gasteiger partial charge is 0.313 e. The molecule has 1 nitrogen and oxygen atoms in total. The van der Waals surface area contributed by atoms with Gasteiger partial charge in [0.1, 0.15) is 0 Å². The number of halogens is 2. The SMILES string of the molecule is CCC(C)C(NC)c1cc(Br)cc(Br)c1. The van der Waals surface area contributed by atoms with Crippen molar-refractivity contribution in [1.29, 1.82) is 0 Å². The van der Waals surface area contributed by atoms with Crippen LogP contribution < -0.4 is 5.32 Å². The fourth-order valence-corrected chi connectivity index (χ4v) is 3.10. The van der Waals surface area contributed by atoms with Crippen molar-refractivity contribution in [3.05, 3.63) is 32.7 Å². The lowest BCUT2D eigenvalue weighted by atomic mass is 9.93. The molecular formula is C12H17Br2N. The lowest BCUT2D eigenvalue weighted by molar-refractivity contribution is 0.400. The summed E-state index contributed by atoms with van der Waals surface area (Å²) in [5, 5.41) is 3.38. The van der Waals surface area contributed by atoms with Crippen LogP contribution in [0.1, 0.15) is 31.9 Å². The van der Waals surface area contributed by atoms with Gasteiger partial charge in [-0.05, 0) is 36.7 Å². The molecule has 0 spiro atoms. The summed E-state index contributed by atoms with van der Waals surface area (Å²) in [7, 11) is 2.02. The smallest absolute Gasteiger partial charge is 0.0344 e. The lowest BCUT2D eigenvalue weighted by Gasteiger charge is -2.23. The normalized spacial score (nSPS) is 15.0. The second kappa shape index (κ2) is 6.02. The Hall–Kier alpha value is 0.140. The lowest BCUT2D eigenvalue weighted by Crippen LogP contribution is -2.23. The second-order valence-electron chi connectivity index (χ2n) is 3.85. The maximum atomic E-state index is 3.52. The van der Waals surface area contributed by atoms with Crippen LogP contribution in [0.3, 0.4) is 0 Å². The van der Waals surface area contributed by atoms with Gasteiger partial charge in [0.25, 0.3) is 0 Å². The molecule has 1 rings (SSSR count). The molecule has 1 N–H and O–H groups in total. The Labute approximate surface area is 109 Å². The Morgan fingerprint density at radius 2 is 1.73 bits per heavy atom. The first kappa shape index (κ1) is 13.2. The van der Waals surface area contributed by atoms with Gasteiger partial charge in [-0.15, -0.1) is 0 Å². The summed E-state index contributed by atoms with van der Waals surface area (Å²) in [6.07, 6.45) is 1.18. The molecule has 2 atom stereocenters. The van der Waals surface area contributed by atoms with E-state index < -0.39 is 0 Å². The molecule has 0 aliphatic carbocycles. The highest BCUT2D eigenvalue weighted by Crippen LogP contribution is 2.29. The predicted molar refractivity (Wildman–Crippen MR) is 73.1 cm³/mol. The van der Waals surface area contributed by atoms with Gasteiger partial charge in [0.05, 0.1) is 0 Å². The van der Waals surface area contributed by atoms with Gasteiger partial charge in [-0.2, -0.15) is 0 Å². The standard InChI is InChI=1S/C12H17Br2N/c1-4-8(2)12(15-3)9-5-10(13)7-11(14)6-9/h5-8,12,15H,4H2,1-3H3. The minimum atomic E-state index is 0.420. The van der Waals surface area contributed by atoms with E-state index in [9.17, 15) is 0 Å². The molecule has 0 aliphatic rings. The maximum Gasteiger partial charge on any atom is 0.0344 e. The third-order valence-corrected chi connectivity index (χ3v) is 3.68. The molecule has 3 heteroatoms. The zero-order chi connectivity index (χ0) is 11.4. The van der Waals surface area contributed by atoms with Gasteiger partial charge in [0.15, 0.2) is 0 Å². The van der Waals surface area contributed by atoms with E-state index in [0.29, 0.717) is 12.0 Å². The molecule has 15 heavy (non-hydrogen) atoms. The number of benzene rings is 1. The summed E-state index contributed by atoms with van der Waals surface area (Å²) in [6.45, 7) is 4.50. The average molecular weight is 335 g/mol. The molecule has 1 aromatic rings. The molecule has 0 saturated heterocycles. The fourth-order valence-electron chi connectivity index (χ4n) is 1.77. The van der Waals surface area contributed by atoms with Crippen LogP contribution in [0.4, 0.5) is 0 Å². The summed E-state index contributed by atoms with van der Waals surface area (Å²) in [4.78, 5) is 0. The minimum Gasteiger partial charge on any atom is -0.313 e. The predicted octanol–water partition coefficient (Wildman–Crippen LogP) is 4.52. The van der Waals surface area contributed by atoms with Crippen LogP contribution in [0.5, 0.6) is 0 Å². The van der Waals surface area contributed by atoms with Crippen LogP contribution >= 0.6 is 31.9 Å². The number of rotatable bonds is 4. The van der Waals surface area contributed by atoms with Crippen molar-refractivity contribution in [2.75, 3.05) is 7.05 Å². The summed E-state index contributed by atoms with van der Waals surface area (Å²) < 4.78 is 2.24. The Morgan fingerprint density at radius 3 is 2.13 bits per heavy atom. The molecule has 0 amide bonds. The molecular weight excluding hydrogens is 318 g/mol. The van der Waals surface area contributed by atoms with Crippen LogP contribution in [-0.2, 0) is 0 Å². The van der Waals surface area contributed by atoms with E-state index in [1.807, 2.05) is 7.05 Å². The van der Waals surface area contributed by atoms with Gasteiger partial charge in [-0.3, -0.25) is 0 Å². The van der Waals surface area contributed by atoms with Crippen molar-refractivity contribution < 1.29 is 0 Å². The highest BCUT2D eigenvalue weighted by atomic mass is 79.9. The molecule has 0 aliphatic heterocycles. The van der Waals surface area contributed by atoms with Gasteiger partial charge in [0.2, 0.25) is 0 Å². The summed E-state index contributed by atoms with van der Waals surface area (Å²) in [6, 6.07) is 6.84. The van der Waals surface area contributed by atoms with E-state index in [1.165, 1.54) is 12.0 Å². The van der Waals surface area contributed by atoms with E-state index in [4.69, 9.17) is 0 Å². The molecule has 84 valence electrons. The zero-order valence-corrected chi connectivity index (χ0v) is 12.5. The van der Waals surface area contributed by atoms with E-state index in [2.05, 4.69) is 69.2 Å². The van der Waals surface area contributed by atoms with Gasteiger partial charge in [0, 0.05) is 15.0 Å². The summed E-state index contributed by atoms with van der Waals surface area (Å²) >= 11 is 7.05. The zero-order valence-electron chi connectivity index (χ0n) is 9.35. The third-order valence-electron chi connectivity index (χ3n) is 2.77. The molecule has 0 aromatic heterocycles. The van der Waals surface area contributed by atoms with Crippen LogP contribution in [0.2, 0.25) is 0 Å². The van der Waals surface area contributed by atoms with Crippen LogP contribution in [0.25, 0.3) is 0 Å².